The molecule has 1 saturated carbocycles. The number of hydrogen-bond donors (Lipinski definition) is 2. The maximum absolute atomic E-state index is 13.3. The number of nitrogens with one attached hydrogen (secondary N) is 1. The van der Waals surface area contributed by atoms with Gasteiger partial charge in [0.05, 0.1) is 12.7 Å². The van der Waals surface area contributed by atoms with Crippen LogP contribution in [0.5, 0.6) is 5.75 Å². The molecule has 0 bridgehead atoms. The van der Waals surface area contributed by atoms with Gasteiger partial charge in [0, 0.05) is 57.6 Å². The summed E-state index contributed by atoms with van der Waals surface area (Å²) in [7, 11) is -1.23. The molecule has 0 radical (unpaired) electrons. The minimum absolute atomic E-state index is 0.0274. The highest BCUT2D eigenvalue weighted by Crippen LogP contribution is 2.34. The van der Waals surface area contributed by atoms with Gasteiger partial charge < -0.3 is 19.9 Å². The number of rotatable bonds is 8. The lowest BCUT2D eigenvalue weighted by molar-refractivity contribution is -0.134. The summed E-state index contributed by atoms with van der Waals surface area (Å²) in [6.45, 7) is 2.47. The summed E-state index contributed by atoms with van der Waals surface area (Å²) in [6, 6.07) is 7.37. The minimum atomic E-state index is -4.19. The Kier molecular flexibility index (Phi) is 7.08. The molecular formula is C23H31N5O5S. The van der Waals surface area contributed by atoms with Crippen LogP contribution < -0.4 is 20.8 Å². The number of piperazine rings is 1. The summed E-state index contributed by atoms with van der Waals surface area (Å²) >= 11 is 0. The van der Waals surface area contributed by atoms with Crippen molar-refractivity contribution in [1.29, 1.82) is 0 Å². The lowest BCUT2D eigenvalue weighted by atomic mass is 10.1. The number of amides is 1. The summed E-state index contributed by atoms with van der Waals surface area (Å²) in [5.74, 6) is -0.312. The summed E-state index contributed by atoms with van der Waals surface area (Å²) in [4.78, 5) is 29.6. The molecule has 1 atom stereocenters. The van der Waals surface area contributed by atoms with E-state index in [4.69, 9.17) is 10.5 Å². The molecule has 1 aliphatic heterocycles. The van der Waals surface area contributed by atoms with Crippen LogP contribution in [0.1, 0.15) is 12.8 Å². The number of hydrogen-bond acceptors (Lipinski definition) is 7. The van der Waals surface area contributed by atoms with E-state index in [2.05, 4.69) is 9.62 Å². The Hall–Kier alpha value is -2.73. The molecule has 3 N–H and O–H groups in total. The number of aryl methyl sites for hydroxylation is 1. The molecule has 2 heterocycles. The van der Waals surface area contributed by atoms with Crippen LogP contribution in [-0.2, 0) is 21.9 Å². The maximum Gasteiger partial charge on any atom is 0.258 e. The molecule has 184 valence electrons. The minimum Gasteiger partial charge on any atom is -0.495 e. The van der Waals surface area contributed by atoms with Gasteiger partial charge in [-0.3, -0.25) is 14.5 Å². The van der Waals surface area contributed by atoms with E-state index in [9.17, 15) is 18.0 Å². The topological polar surface area (TPSA) is 127 Å². The van der Waals surface area contributed by atoms with E-state index in [0.29, 0.717) is 30.3 Å². The quantitative estimate of drug-likeness (QED) is 0.533. The fraction of sp³-hybridized carbons (Fsp3) is 0.478. The molecule has 1 aromatic carbocycles. The number of nitrogens with two attached hydrogens (primary N) is 1. The van der Waals surface area contributed by atoms with Gasteiger partial charge in [-0.2, -0.15) is 4.72 Å². The van der Waals surface area contributed by atoms with Crippen molar-refractivity contribution in [3.8, 4) is 16.9 Å². The lowest BCUT2D eigenvalue weighted by Gasteiger charge is -2.36. The molecular weight excluding hydrogens is 458 g/mol. The fourth-order valence-corrected chi connectivity index (χ4v) is 5.76. The monoisotopic (exact) mass is 489 g/mol. The molecule has 1 aliphatic carbocycles. The van der Waals surface area contributed by atoms with Crippen molar-refractivity contribution in [1.82, 2.24) is 19.1 Å². The van der Waals surface area contributed by atoms with E-state index in [1.807, 2.05) is 0 Å². The first-order valence-corrected chi connectivity index (χ1v) is 12.8. The third-order valence-corrected chi connectivity index (χ3v) is 7.90. The van der Waals surface area contributed by atoms with Crippen molar-refractivity contribution in [3.63, 3.8) is 0 Å². The van der Waals surface area contributed by atoms with E-state index in [1.165, 1.54) is 36.7 Å². The van der Waals surface area contributed by atoms with Crippen LogP contribution in [0.3, 0.4) is 0 Å². The van der Waals surface area contributed by atoms with Gasteiger partial charge in [-0.25, -0.2) is 8.42 Å². The summed E-state index contributed by atoms with van der Waals surface area (Å²) in [6.07, 6.45) is 4.02. The largest absolute Gasteiger partial charge is 0.495 e. The smallest absolute Gasteiger partial charge is 0.258 e. The molecule has 34 heavy (non-hydrogen) atoms. The third-order valence-electron chi connectivity index (χ3n) is 6.41. The Morgan fingerprint density at radius 1 is 1.15 bits per heavy atom. The number of carbonyl (C=O) groups excluding carboxylic acids is 1. The summed E-state index contributed by atoms with van der Waals surface area (Å²) in [5.41, 5.74) is 6.18. The lowest BCUT2D eigenvalue weighted by Crippen LogP contribution is -2.57. The summed E-state index contributed by atoms with van der Waals surface area (Å²) < 4.78 is 36.0. The molecule has 0 unspecified atom stereocenters. The number of ether oxygens (including phenoxy) is 1. The second-order valence-electron chi connectivity index (χ2n) is 8.68. The van der Waals surface area contributed by atoms with Gasteiger partial charge in [0.1, 0.15) is 16.7 Å². The Balaban J connectivity index is 1.58. The number of methoxy groups -OCH3 is 1. The first kappa shape index (κ1) is 24.4. The SMILES string of the molecule is COc1c(-c2cccn(C)c2=O)cccc1S(=O)(=O)N[C@@H](CN)C(=O)N1CCN(C2CC2)CC1. The van der Waals surface area contributed by atoms with Crippen molar-refractivity contribution >= 4 is 15.9 Å². The van der Waals surface area contributed by atoms with E-state index in [1.54, 1.807) is 36.3 Å². The van der Waals surface area contributed by atoms with Crippen molar-refractivity contribution < 1.29 is 17.9 Å². The van der Waals surface area contributed by atoms with E-state index in [-0.39, 0.29) is 28.7 Å². The number of pyridine rings is 1. The van der Waals surface area contributed by atoms with Crippen LogP contribution in [0.15, 0.2) is 46.2 Å². The second-order valence-corrected chi connectivity index (χ2v) is 10.4. The van der Waals surface area contributed by atoms with Gasteiger partial charge in [-0.15, -0.1) is 0 Å². The predicted octanol–water partition coefficient (Wildman–Crippen LogP) is -0.0269. The van der Waals surface area contributed by atoms with Gasteiger partial charge in [-0.05, 0) is 31.0 Å². The zero-order valence-corrected chi connectivity index (χ0v) is 20.3. The average molecular weight is 490 g/mol. The zero-order chi connectivity index (χ0) is 24.5. The van der Waals surface area contributed by atoms with Crippen LogP contribution in [0.4, 0.5) is 0 Å². The van der Waals surface area contributed by atoms with Gasteiger partial charge in [0.2, 0.25) is 15.9 Å². The average Bonchev–Trinajstić information content (AvgIpc) is 3.69. The number of carbonyl (C=O) groups is 1. The molecule has 1 aromatic heterocycles. The normalized spacial score (nSPS) is 18.0. The van der Waals surface area contributed by atoms with Crippen LogP contribution in [0.2, 0.25) is 0 Å². The molecule has 11 heteroatoms. The number of benzene rings is 1. The van der Waals surface area contributed by atoms with Crippen LogP contribution in [0.25, 0.3) is 11.1 Å². The molecule has 1 amide bonds. The van der Waals surface area contributed by atoms with Crippen LogP contribution >= 0.6 is 0 Å². The van der Waals surface area contributed by atoms with Crippen molar-refractivity contribution in [2.75, 3.05) is 39.8 Å². The Labute approximate surface area is 199 Å². The number of aromatic nitrogens is 1. The fourth-order valence-electron chi connectivity index (χ4n) is 4.37. The van der Waals surface area contributed by atoms with E-state index in [0.717, 1.165) is 13.1 Å². The summed E-state index contributed by atoms with van der Waals surface area (Å²) in [5, 5.41) is 0. The van der Waals surface area contributed by atoms with Crippen LogP contribution in [0, 0.1) is 0 Å². The maximum atomic E-state index is 13.3. The molecule has 1 saturated heterocycles. The zero-order valence-electron chi connectivity index (χ0n) is 19.4. The van der Waals surface area contributed by atoms with Gasteiger partial charge in [0.15, 0.2) is 0 Å². The molecule has 2 aromatic rings. The molecule has 4 rings (SSSR count). The van der Waals surface area contributed by atoms with Crippen molar-refractivity contribution in [2.45, 2.75) is 29.8 Å². The van der Waals surface area contributed by atoms with Gasteiger partial charge in [0.25, 0.3) is 5.56 Å². The first-order valence-electron chi connectivity index (χ1n) is 11.3. The Morgan fingerprint density at radius 2 is 1.82 bits per heavy atom. The number of sulfonamides is 1. The molecule has 0 spiro atoms. The Bertz CT molecular complexity index is 1220. The second kappa shape index (κ2) is 9.87. The van der Waals surface area contributed by atoms with Gasteiger partial charge >= 0.3 is 0 Å². The standard InChI is InChI=1S/C23H31N5O5S/c1-26-10-4-6-18(22(26)29)17-5-3-7-20(21(17)33-2)34(31,32)25-19(15-24)23(30)28-13-11-27(12-14-28)16-8-9-16/h3-7,10,16,19,25H,8-9,11-15,24H2,1-2H3/t19-/m0/s1. The Morgan fingerprint density at radius 3 is 2.44 bits per heavy atom. The molecule has 10 nitrogen and oxygen atoms in total. The van der Waals surface area contributed by atoms with Crippen molar-refractivity contribution in [3.05, 3.63) is 46.9 Å². The molecule has 2 aliphatic rings. The van der Waals surface area contributed by atoms with E-state index < -0.39 is 16.1 Å². The van der Waals surface area contributed by atoms with E-state index >= 15 is 0 Å². The highest BCUT2D eigenvalue weighted by Gasteiger charge is 2.35. The predicted molar refractivity (Wildman–Crippen MR) is 128 cm³/mol. The van der Waals surface area contributed by atoms with Crippen molar-refractivity contribution in [2.24, 2.45) is 12.8 Å². The molecule has 2 fully saturated rings. The number of nitrogens with zero attached hydrogens (tertiary/aromatic N) is 3. The van der Waals surface area contributed by atoms with Gasteiger partial charge in [-0.1, -0.05) is 12.1 Å². The number of para-hydroxylation sites is 1. The van der Waals surface area contributed by atoms with Crippen LogP contribution in [-0.4, -0.2) is 80.6 Å². The highest BCUT2D eigenvalue weighted by molar-refractivity contribution is 7.89. The first-order chi connectivity index (χ1) is 16.3. The third kappa shape index (κ3) is 4.88. The highest BCUT2D eigenvalue weighted by atomic mass is 32.2.